The van der Waals surface area contributed by atoms with Crippen molar-refractivity contribution in [3.05, 3.63) is 101 Å². The summed E-state index contributed by atoms with van der Waals surface area (Å²) in [4.78, 5) is 28.8. The fourth-order valence-corrected chi connectivity index (χ4v) is 3.86. The minimum Gasteiger partial charge on any atom is -0.483 e. The minimum absolute atomic E-state index is 0.0145. The first-order chi connectivity index (χ1) is 16.9. The molecule has 0 unspecified atom stereocenters. The number of carbonyl (C=O) groups is 2. The van der Waals surface area contributed by atoms with Crippen LogP contribution in [-0.2, 0) is 22.6 Å². The minimum atomic E-state index is -0.665. The summed E-state index contributed by atoms with van der Waals surface area (Å²) in [6, 6.07) is 24.9. The molecule has 35 heavy (non-hydrogen) atoms. The second-order valence-corrected chi connectivity index (χ2v) is 9.09. The third-order valence-electron chi connectivity index (χ3n) is 6.16. The Labute approximate surface area is 209 Å². The zero-order valence-electron chi connectivity index (χ0n) is 21.2. The Balaban J connectivity index is 1.91. The second-order valence-electron chi connectivity index (χ2n) is 9.09. The maximum Gasteiger partial charge on any atom is 0.261 e. The molecular weight excluding hydrogens is 436 g/mol. The zero-order chi connectivity index (χ0) is 25.2. The van der Waals surface area contributed by atoms with Gasteiger partial charge in [-0.2, -0.15) is 0 Å². The largest absolute Gasteiger partial charge is 0.483 e. The van der Waals surface area contributed by atoms with Crippen LogP contribution in [0.25, 0.3) is 0 Å². The molecule has 0 bridgehead atoms. The number of carbonyl (C=O) groups excluding carboxylic acids is 2. The number of benzene rings is 3. The van der Waals surface area contributed by atoms with Gasteiger partial charge in [-0.05, 0) is 55.5 Å². The first-order valence-corrected chi connectivity index (χ1v) is 12.2. The first kappa shape index (κ1) is 26.0. The van der Waals surface area contributed by atoms with E-state index in [4.69, 9.17) is 4.74 Å². The lowest BCUT2D eigenvalue weighted by Gasteiger charge is -2.32. The van der Waals surface area contributed by atoms with Crippen molar-refractivity contribution in [3.8, 4) is 5.75 Å². The Morgan fingerprint density at radius 2 is 1.54 bits per heavy atom. The Bertz CT molecular complexity index is 1100. The molecule has 3 aromatic rings. The summed E-state index contributed by atoms with van der Waals surface area (Å²) in [5.41, 5.74) is 3.99. The van der Waals surface area contributed by atoms with E-state index in [-0.39, 0.29) is 24.5 Å². The summed E-state index contributed by atoms with van der Waals surface area (Å²) >= 11 is 0. The molecule has 0 heterocycles. The number of rotatable bonds is 11. The summed E-state index contributed by atoms with van der Waals surface area (Å²) in [5.74, 6) is 0.302. The summed E-state index contributed by atoms with van der Waals surface area (Å²) in [6.07, 6.45) is 1.23. The smallest absolute Gasteiger partial charge is 0.261 e. The molecule has 5 nitrogen and oxygen atoms in total. The number of ether oxygens (including phenoxy) is 1. The van der Waals surface area contributed by atoms with Crippen molar-refractivity contribution in [1.82, 2.24) is 10.2 Å². The van der Waals surface area contributed by atoms with Crippen LogP contribution in [0.1, 0.15) is 42.5 Å². The van der Waals surface area contributed by atoms with Gasteiger partial charge in [0.05, 0.1) is 0 Å². The molecule has 184 valence electrons. The average Bonchev–Trinajstić information content (AvgIpc) is 2.87. The molecule has 0 aromatic heterocycles. The SMILES string of the molecule is CC[C@H](C)NC(=O)[C@@H](Cc1ccccc1)N(Cc1ccccc1)C(=O)COc1cc(C)ccc1C. The summed E-state index contributed by atoms with van der Waals surface area (Å²) < 4.78 is 5.96. The Hall–Kier alpha value is -3.60. The van der Waals surface area contributed by atoms with Crippen LogP contribution in [-0.4, -0.2) is 35.4 Å². The number of nitrogens with one attached hydrogen (secondary N) is 1. The van der Waals surface area contributed by atoms with Gasteiger partial charge in [0.15, 0.2) is 6.61 Å². The van der Waals surface area contributed by atoms with E-state index in [9.17, 15) is 9.59 Å². The fourth-order valence-electron chi connectivity index (χ4n) is 3.86. The standard InChI is InChI=1S/C30H36N2O3/c1-5-24(4)31-30(34)27(19-25-12-8-6-9-13-25)32(20-26-14-10-7-11-15-26)29(33)21-35-28-18-22(2)16-17-23(28)3/h6-18,24,27H,5,19-21H2,1-4H3,(H,31,34)/t24-,27+/m0/s1. The van der Waals surface area contributed by atoms with Gasteiger partial charge in [0, 0.05) is 19.0 Å². The van der Waals surface area contributed by atoms with Crippen LogP contribution >= 0.6 is 0 Å². The highest BCUT2D eigenvalue weighted by Crippen LogP contribution is 2.20. The Morgan fingerprint density at radius 1 is 0.914 bits per heavy atom. The van der Waals surface area contributed by atoms with Gasteiger partial charge in [-0.25, -0.2) is 0 Å². The summed E-state index contributed by atoms with van der Waals surface area (Å²) in [7, 11) is 0. The van der Waals surface area contributed by atoms with E-state index in [0.717, 1.165) is 28.7 Å². The van der Waals surface area contributed by atoms with Crippen LogP contribution in [0.15, 0.2) is 78.9 Å². The molecule has 3 rings (SSSR count). The maximum atomic E-state index is 13.6. The fraction of sp³-hybridized carbons (Fsp3) is 0.333. The average molecular weight is 473 g/mol. The van der Waals surface area contributed by atoms with Crippen LogP contribution in [0.4, 0.5) is 0 Å². The van der Waals surface area contributed by atoms with Crippen molar-refractivity contribution in [3.63, 3.8) is 0 Å². The molecule has 0 saturated carbocycles. The highest BCUT2D eigenvalue weighted by Gasteiger charge is 2.31. The van der Waals surface area contributed by atoms with Gasteiger partial charge in [0.1, 0.15) is 11.8 Å². The van der Waals surface area contributed by atoms with Gasteiger partial charge < -0.3 is 15.0 Å². The van der Waals surface area contributed by atoms with Gasteiger partial charge in [-0.15, -0.1) is 0 Å². The molecular formula is C30H36N2O3. The second kappa shape index (κ2) is 12.7. The highest BCUT2D eigenvalue weighted by atomic mass is 16.5. The third kappa shape index (κ3) is 7.71. The molecule has 0 aliphatic carbocycles. The molecule has 5 heteroatoms. The lowest BCUT2D eigenvalue weighted by molar-refractivity contribution is -0.143. The monoisotopic (exact) mass is 472 g/mol. The number of amides is 2. The van der Waals surface area contributed by atoms with Gasteiger partial charge in [0.25, 0.3) is 5.91 Å². The summed E-state index contributed by atoms with van der Waals surface area (Å²) in [5, 5.41) is 3.09. The van der Waals surface area contributed by atoms with Crippen molar-refractivity contribution in [2.75, 3.05) is 6.61 Å². The summed E-state index contributed by atoms with van der Waals surface area (Å²) in [6.45, 7) is 8.14. The number of hydrogen-bond acceptors (Lipinski definition) is 3. The van der Waals surface area contributed by atoms with E-state index < -0.39 is 6.04 Å². The lowest BCUT2D eigenvalue weighted by atomic mass is 10.0. The Kier molecular flexibility index (Phi) is 9.47. The van der Waals surface area contributed by atoms with Crippen LogP contribution in [0, 0.1) is 13.8 Å². The Morgan fingerprint density at radius 3 is 2.17 bits per heavy atom. The van der Waals surface area contributed by atoms with Crippen LogP contribution in [0.5, 0.6) is 5.75 Å². The molecule has 0 aliphatic heterocycles. The topological polar surface area (TPSA) is 58.6 Å². The van der Waals surface area contributed by atoms with Gasteiger partial charge in [-0.1, -0.05) is 79.7 Å². The van der Waals surface area contributed by atoms with E-state index >= 15 is 0 Å². The van der Waals surface area contributed by atoms with Gasteiger partial charge >= 0.3 is 0 Å². The third-order valence-corrected chi connectivity index (χ3v) is 6.16. The van der Waals surface area contributed by atoms with Crippen molar-refractivity contribution in [2.45, 2.75) is 59.2 Å². The predicted octanol–water partition coefficient (Wildman–Crippen LogP) is 5.24. The number of hydrogen-bond donors (Lipinski definition) is 1. The van der Waals surface area contributed by atoms with Crippen LogP contribution < -0.4 is 10.1 Å². The number of nitrogens with zero attached hydrogens (tertiary/aromatic N) is 1. The zero-order valence-corrected chi connectivity index (χ0v) is 21.2. The molecule has 0 radical (unpaired) electrons. The molecule has 3 aromatic carbocycles. The molecule has 0 aliphatic rings. The van der Waals surface area contributed by atoms with Crippen molar-refractivity contribution >= 4 is 11.8 Å². The maximum absolute atomic E-state index is 13.6. The number of aryl methyl sites for hydroxylation is 2. The molecule has 2 amide bonds. The van der Waals surface area contributed by atoms with E-state index in [1.165, 1.54) is 0 Å². The van der Waals surface area contributed by atoms with Gasteiger partial charge in [0.2, 0.25) is 5.91 Å². The van der Waals surface area contributed by atoms with E-state index in [1.807, 2.05) is 107 Å². The van der Waals surface area contributed by atoms with E-state index in [2.05, 4.69) is 5.32 Å². The van der Waals surface area contributed by atoms with Crippen LogP contribution in [0.3, 0.4) is 0 Å². The van der Waals surface area contributed by atoms with E-state index in [0.29, 0.717) is 18.7 Å². The molecule has 2 atom stereocenters. The lowest BCUT2D eigenvalue weighted by Crippen LogP contribution is -2.53. The van der Waals surface area contributed by atoms with Crippen molar-refractivity contribution in [1.29, 1.82) is 0 Å². The normalized spacial score (nSPS) is 12.5. The molecule has 0 spiro atoms. The van der Waals surface area contributed by atoms with Gasteiger partial charge in [-0.3, -0.25) is 9.59 Å². The predicted molar refractivity (Wildman–Crippen MR) is 140 cm³/mol. The quantitative estimate of drug-likeness (QED) is 0.415. The van der Waals surface area contributed by atoms with Crippen LogP contribution in [0.2, 0.25) is 0 Å². The van der Waals surface area contributed by atoms with E-state index in [1.54, 1.807) is 4.90 Å². The molecule has 0 saturated heterocycles. The highest BCUT2D eigenvalue weighted by molar-refractivity contribution is 5.88. The van der Waals surface area contributed by atoms with Crippen molar-refractivity contribution < 1.29 is 14.3 Å². The van der Waals surface area contributed by atoms with Crippen molar-refractivity contribution in [2.24, 2.45) is 0 Å². The first-order valence-electron chi connectivity index (χ1n) is 12.2. The molecule has 1 N–H and O–H groups in total. The molecule has 0 fully saturated rings.